The molecule has 4 nitrogen and oxygen atoms in total. The molecule has 0 aliphatic carbocycles. The third-order valence-electron chi connectivity index (χ3n) is 3.18. The van der Waals surface area contributed by atoms with Gasteiger partial charge in [0.05, 0.1) is 4.88 Å². The highest BCUT2D eigenvalue weighted by Gasteiger charge is 2.13. The van der Waals surface area contributed by atoms with Gasteiger partial charge in [0.25, 0.3) is 0 Å². The number of hydrogen-bond donors (Lipinski definition) is 2. The lowest BCUT2D eigenvalue weighted by molar-refractivity contribution is 0.632. The Morgan fingerprint density at radius 3 is 3.00 bits per heavy atom. The van der Waals surface area contributed by atoms with Gasteiger partial charge in [-0.2, -0.15) is 0 Å². The molecule has 1 atom stereocenters. The summed E-state index contributed by atoms with van der Waals surface area (Å²) in [4.78, 5) is 1.13. The summed E-state index contributed by atoms with van der Waals surface area (Å²) >= 11 is 5.11. The van der Waals surface area contributed by atoms with E-state index < -0.39 is 0 Å². The molecular weight excluding hydrogens is 324 g/mol. The van der Waals surface area contributed by atoms with E-state index in [-0.39, 0.29) is 0 Å². The van der Waals surface area contributed by atoms with Crippen LogP contribution in [0.15, 0.2) is 28.1 Å². The predicted molar refractivity (Wildman–Crippen MR) is 82.6 cm³/mol. The van der Waals surface area contributed by atoms with Crippen LogP contribution < -0.4 is 10.6 Å². The first kappa shape index (κ1) is 13.0. The maximum Gasteiger partial charge on any atom is 0.148 e. The molecule has 3 heterocycles. The van der Waals surface area contributed by atoms with Crippen LogP contribution in [0.1, 0.15) is 12.8 Å². The minimum atomic E-state index is 0.565. The van der Waals surface area contributed by atoms with Crippen LogP contribution in [-0.4, -0.2) is 29.3 Å². The Hall–Kier alpha value is -0.980. The molecule has 1 aliphatic rings. The highest BCUT2D eigenvalue weighted by molar-refractivity contribution is 9.10. The van der Waals surface area contributed by atoms with Gasteiger partial charge in [0.15, 0.2) is 0 Å². The summed E-state index contributed by atoms with van der Waals surface area (Å²) in [5, 5.41) is 17.3. The molecule has 1 aliphatic heterocycles. The highest BCUT2D eigenvalue weighted by atomic mass is 79.9. The summed E-state index contributed by atoms with van der Waals surface area (Å²) in [5.74, 6) is 0.841. The molecule has 3 rings (SSSR count). The monoisotopic (exact) mass is 338 g/mol. The Bertz CT molecular complexity index is 534. The number of aromatic nitrogens is 2. The molecule has 0 bridgehead atoms. The zero-order valence-corrected chi connectivity index (χ0v) is 12.8. The van der Waals surface area contributed by atoms with Crippen LogP contribution in [0, 0.1) is 0 Å². The lowest BCUT2D eigenvalue weighted by Crippen LogP contribution is -2.29. The van der Waals surface area contributed by atoms with Gasteiger partial charge in [-0.15, -0.1) is 21.5 Å². The molecule has 0 radical (unpaired) electrons. The Labute approximate surface area is 124 Å². The van der Waals surface area contributed by atoms with E-state index in [0.29, 0.717) is 6.04 Å². The van der Waals surface area contributed by atoms with Crippen molar-refractivity contribution in [2.75, 3.05) is 18.4 Å². The maximum atomic E-state index is 4.26. The summed E-state index contributed by atoms with van der Waals surface area (Å²) < 4.78 is 1.09. The molecule has 19 heavy (non-hydrogen) atoms. The van der Waals surface area contributed by atoms with E-state index in [1.165, 1.54) is 12.8 Å². The predicted octanol–water partition coefficient (Wildman–Crippen LogP) is 3.13. The smallest absolute Gasteiger partial charge is 0.148 e. The van der Waals surface area contributed by atoms with E-state index in [9.17, 15) is 0 Å². The first-order valence-corrected chi connectivity index (χ1v) is 8.04. The number of nitrogens with zero attached hydrogens (tertiary/aromatic N) is 2. The van der Waals surface area contributed by atoms with Crippen LogP contribution in [0.25, 0.3) is 10.6 Å². The zero-order chi connectivity index (χ0) is 13.1. The van der Waals surface area contributed by atoms with Gasteiger partial charge < -0.3 is 10.6 Å². The van der Waals surface area contributed by atoms with E-state index in [1.54, 1.807) is 11.3 Å². The van der Waals surface area contributed by atoms with Crippen LogP contribution >= 0.6 is 27.3 Å². The highest BCUT2D eigenvalue weighted by Crippen LogP contribution is 2.28. The average molecular weight is 339 g/mol. The van der Waals surface area contributed by atoms with Crippen LogP contribution in [0.3, 0.4) is 0 Å². The minimum absolute atomic E-state index is 0.565. The Morgan fingerprint density at radius 1 is 1.42 bits per heavy atom. The molecule has 0 spiro atoms. The van der Waals surface area contributed by atoms with Gasteiger partial charge in [-0.05, 0) is 53.5 Å². The van der Waals surface area contributed by atoms with E-state index in [1.807, 2.05) is 12.1 Å². The van der Waals surface area contributed by atoms with Crippen LogP contribution in [0.4, 0.5) is 5.82 Å². The molecule has 1 fully saturated rings. The van der Waals surface area contributed by atoms with Crippen molar-refractivity contribution in [2.24, 2.45) is 0 Å². The Kier molecular flexibility index (Phi) is 4.10. The van der Waals surface area contributed by atoms with E-state index in [2.05, 4.69) is 48.2 Å². The second-order valence-corrected chi connectivity index (χ2v) is 6.43. The molecule has 1 saturated heterocycles. The van der Waals surface area contributed by atoms with Gasteiger partial charge in [0, 0.05) is 22.4 Å². The molecule has 2 N–H and O–H groups in total. The number of halogens is 1. The van der Waals surface area contributed by atoms with Gasteiger partial charge in [-0.1, -0.05) is 0 Å². The fourth-order valence-electron chi connectivity index (χ4n) is 2.16. The molecule has 100 valence electrons. The lowest BCUT2D eigenvalue weighted by Gasteiger charge is -2.11. The van der Waals surface area contributed by atoms with Crippen molar-refractivity contribution >= 4 is 33.1 Å². The van der Waals surface area contributed by atoms with E-state index >= 15 is 0 Å². The van der Waals surface area contributed by atoms with Crippen LogP contribution in [0.5, 0.6) is 0 Å². The molecular formula is C13H15BrN4S. The molecule has 2 aromatic rings. The van der Waals surface area contributed by atoms with Gasteiger partial charge in [-0.25, -0.2) is 0 Å². The second kappa shape index (κ2) is 5.98. The fraction of sp³-hybridized carbons (Fsp3) is 0.385. The minimum Gasteiger partial charge on any atom is -0.367 e. The number of nitrogens with one attached hydrogen (secondary N) is 2. The number of rotatable bonds is 4. The Balaban J connectivity index is 1.62. The Morgan fingerprint density at radius 2 is 2.37 bits per heavy atom. The lowest BCUT2D eigenvalue weighted by atomic mass is 10.2. The number of thiophene rings is 1. The van der Waals surface area contributed by atoms with E-state index in [4.69, 9.17) is 0 Å². The molecule has 0 saturated carbocycles. The quantitative estimate of drug-likeness (QED) is 0.899. The fourth-order valence-corrected chi connectivity index (χ4v) is 3.56. The van der Waals surface area contributed by atoms with Crippen molar-refractivity contribution in [2.45, 2.75) is 18.9 Å². The van der Waals surface area contributed by atoms with Crippen molar-refractivity contribution in [1.29, 1.82) is 0 Å². The average Bonchev–Trinajstić information content (AvgIpc) is 3.08. The third-order valence-corrected chi connectivity index (χ3v) is 4.89. The maximum absolute atomic E-state index is 4.26. The summed E-state index contributed by atoms with van der Waals surface area (Å²) in [6.45, 7) is 2.04. The van der Waals surface area contributed by atoms with Gasteiger partial charge >= 0.3 is 0 Å². The van der Waals surface area contributed by atoms with Crippen molar-refractivity contribution < 1.29 is 0 Å². The van der Waals surface area contributed by atoms with Crippen LogP contribution in [0.2, 0.25) is 0 Å². The third kappa shape index (κ3) is 3.32. The summed E-state index contributed by atoms with van der Waals surface area (Å²) in [6.07, 6.45) is 2.51. The zero-order valence-electron chi connectivity index (χ0n) is 10.4. The van der Waals surface area contributed by atoms with Crippen molar-refractivity contribution in [3.8, 4) is 10.6 Å². The second-order valence-electron chi connectivity index (χ2n) is 4.61. The van der Waals surface area contributed by atoms with Crippen molar-refractivity contribution in [3.05, 3.63) is 28.1 Å². The SMILES string of the molecule is Brc1csc(-c2ccc(NCC3CCCN3)nn2)c1. The topological polar surface area (TPSA) is 49.8 Å². The van der Waals surface area contributed by atoms with Crippen molar-refractivity contribution in [3.63, 3.8) is 0 Å². The molecule has 0 aromatic carbocycles. The van der Waals surface area contributed by atoms with Gasteiger partial charge in [0.2, 0.25) is 0 Å². The molecule has 6 heteroatoms. The number of hydrogen-bond acceptors (Lipinski definition) is 5. The van der Waals surface area contributed by atoms with Crippen molar-refractivity contribution in [1.82, 2.24) is 15.5 Å². The largest absolute Gasteiger partial charge is 0.367 e. The first-order chi connectivity index (χ1) is 9.31. The van der Waals surface area contributed by atoms with Gasteiger partial charge in [-0.3, -0.25) is 0 Å². The molecule has 0 amide bonds. The van der Waals surface area contributed by atoms with Gasteiger partial charge in [0.1, 0.15) is 11.5 Å². The summed E-state index contributed by atoms with van der Waals surface area (Å²) in [6, 6.07) is 6.62. The number of anilines is 1. The van der Waals surface area contributed by atoms with Crippen LogP contribution in [-0.2, 0) is 0 Å². The molecule has 1 unspecified atom stereocenters. The standard InChI is InChI=1S/C13H15BrN4S/c14-9-6-12(19-8-9)11-3-4-13(18-17-11)16-7-10-2-1-5-15-10/h3-4,6,8,10,15H,1-2,5,7H2,(H,16,18). The normalized spacial score (nSPS) is 18.7. The van der Waals surface area contributed by atoms with E-state index in [0.717, 1.165) is 34.0 Å². The molecule has 2 aromatic heterocycles. The summed E-state index contributed by atoms with van der Waals surface area (Å²) in [7, 11) is 0. The first-order valence-electron chi connectivity index (χ1n) is 6.37. The summed E-state index contributed by atoms with van der Waals surface area (Å²) in [5.41, 5.74) is 0.917.